The predicted octanol–water partition coefficient (Wildman–Crippen LogP) is 1.43. The molecule has 0 N–H and O–H groups in total. The first-order valence-electron chi connectivity index (χ1n) is 3.64. The van der Waals surface area contributed by atoms with Gasteiger partial charge < -0.3 is 4.90 Å². The van der Waals surface area contributed by atoms with Crippen molar-refractivity contribution in [1.82, 2.24) is 4.90 Å². The second-order valence-electron chi connectivity index (χ2n) is 2.65. The fourth-order valence-corrected chi connectivity index (χ4v) is 1.58. The molecule has 0 aromatic carbocycles. The Labute approximate surface area is 75.1 Å². The zero-order valence-electron chi connectivity index (χ0n) is 6.14. The Bertz CT molecular complexity index is 130. The summed E-state index contributed by atoms with van der Waals surface area (Å²) < 4.78 is 0.149. The van der Waals surface area contributed by atoms with Gasteiger partial charge in [-0.3, -0.25) is 4.79 Å². The molecule has 1 fully saturated rings. The molecule has 1 heterocycles. The molecule has 10 heavy (non-hydrogen) atoms. The lowest BCUT2D eigenvalue weighted by Gasteiger charge is -2.16. The van der Waals surface area contributed by atoms with Crippen molar-refractivity contribution in [2.45, 2.75) is 23.7 Å². The molecule has 1 saturated heterocycles. The second kappa shape index (κ2) is 3.55. The number of carbonyl (C=O) groups is 1. The number of nitrogens with zero attached hydrogens (tertiary/aromatic N) is 1. The first-order valence-corrected chi connectivity index (χ1v) is 4.89. The van der Waals surface area contributed by atoms with Gasteiger partial charge in [-0.2, -0.15) is 0 Å². The van der Waals surface area contributed by atoms with Crippen LogP contribution in [0.5, 0.6) is 0 Å². The molecule has 0 spiro atoms. The van der Waals surface area contributed by atoms with Crippen LogP contribution in [-0.4, -0.2) is 27.8 Å². The van der Waals surface area contributed by atoms with Gasteiger partial charge in [0.15, 0.2) is 0 Å². The number of amides is 1. The van der Waals surface area contributed by atoms with E-state index < -0.39 is 0 Å². The quantitative estimate of drug-likeness (QED) is 0.511. The molecule has 1 aliphatic heterocycles. The van der Waals surface area contributed by atoms with E-state index in [-0.39, 0.29) is 3.92 Å². The molecule has 2 nitrogen and oxygen atoms in total. The third-order valence-electron chi connectivity index (χ3n) is 1.76. The maximum Gasteiger partial charge on any atom is 0.235 e. The van der Waals surface area contributed by atoms with E-state index >= 15 is 0 Å². The van der Waals surface area contributed by atoms with E-state index in [1.807, 2.05) is 11.8 Å². The lowest BCUT2D eigenvalue weighted by Crippen LogP contribution is -2.32. The third kappa shape index (κ3) is 1.84. The van der Waals surface area contributed by atoms with Crippen molar-refractivity contribution in [3.05, 3.63) is 0 Å². The van der Waals surface area contributed by atoms with Crippen LogP contribution >= 0.6 is 22.6 Å². The van der Waals surface area contributed by atoms with Crippen LogP contribution in [0.3, 0.4) is 0 Å². The molecule has 0 aromatic heterocycles. The average Bonchev–Trinajstić information content (AvgIpc) is 2.36. The number of hydrogen-bond donors (Lipinski definition) is 0. The molecule has 1 rings (SSSR count). The predicted molar refractivity (Wildman–Crippen MR) is 49.3 cm³/mol. The number of alkyl halides is 1. The van der Waals surface area contributed by atoms with Gasteiger partial charge in [0, 0.05) is 13.1 Å². The highest BCUT2D eigenvalue weighted by Gasteiger charge is 2.20. The number of halogens is 1. The minimum atomic E-state index is 0.149. The van der Waals surface area contributed by atoms with E-state index in [0.717, 1.165) is 13.1 Å². The van der Waals surface area contributed by atoms with E-state index in [4.69, 9.17) is 0 Å². The fraction of sp³-hybridized carbons (Fsp3) is 0.857. The molecule has 0 saturated carbocycles. The normalized spacial score (nSPS) is 21.2. The van der Waals surface area contributed by atoms with Crippen LogP contribution in [0.2, 0.25) is 0 Å². The topological polar surface area (TPSA) is 20.3 Å². The first kappa shape index (κ1) is 8.30. The third-order valence-corrected chi connectivity index (χ3v) is 2.29. The van der Waals surface area contributed by atoms with Gasteiger partial charge >= 0.3 is 0 Å². The Morgan fingerprint density at radius 2 is 2.00 bits per heavy atom. The van der Waals surface area contributed by atoms with Crippen LogP contribution in [0.15, 0.2) is 0 Å². The Balaban J connectivity index is 2.40. The zero-order chi connectivity index (χ0) is 7.56. The van der Waals surface area contributed by atoms with Crippen molar-refractivity contribution >= 4 is 28.5 Å². The van der Waals surface area contributed by atoms with Gasteiger partial charge in [0.05, 0.1) is 3.92 Å². The molecule has 1 amide bonds. The van der Waals surface area contributed by atoms with E-state index in [9.17, 15) is 4.79 Å². The molecule has 3 heteroatoms. The molecule has 1 atom stereocenters. The lowest BCUT2D eigenvalue weighted by molar-refractivity contribution is -0.128. The molecule has 0 aromatic rings. The average molecular weight is 253 g/mol. The highest BCUT2D eigenvalue weighted by atomic mass is 127. The Hall–Kier alpha value is 0.200. The van der Waals surface area contributed by atoms with Crippen LogP contribution in [-0.2, 0) is 4.79 Å². The van der Waals surface area contributed by atoms with E-state index in [2.05, 4.69) is 22.6 Å². The summed E-state index contributed by atoms with van der Waals surface area (Å²) in [4.78, 5) is 13.2. The maximum absolute atomic E-state index is 11.3. The molecule has 58 valence electrons. The maximum atomic E-state index is 11.3. The van der Waals surface area contributed by atoms with Crippen LogP contribution < -0.4 is 0 Å². The molecular formula is C7H12INO. The van der Waals surface area contributed by atoms with Crippen molar-refractivity contribution < 1.29 is 4.79 Å². The SMILES string of the molecule is C[C@H](I)C(=O)N1CCCC1. The first-order chi connectivity index (χ1) is 4.72. The summed E-state index contributed by atoms with van der Waals surface area (Å²) in [6.45, 7) is 3.90. The van der Waals surface area contributed by atoms with Crippen LogP contribution in [0.1, 0.15) is 19.8 Å². The van der Waals surface area contributed by atoms with Crippen LogP contribution in [0.25, 0.3) is 0 Å². The zero-order valence-corrected chi connectivity index (χ0v) is 8.30. The second-order valence-corrected chi connectivity index (χ2v) is 4.52. The summed E-state index contributed by atoms with van der Waals surface area (Å²) in [6, 6.07) is 0. The van der Waals surface area contributed by atoms with Crippen molar-refractivity contribution in [2.24, 2.45) is 0 Å². The van der Waals surface area contributed by atoms with Crippen LogP contribution in [0.4, 0.5) is 0 Å². The van der Waals surface area contributed by atoms with Gasteiger partial charge in [-0.1, -0.05) is 22.6 Å². The molecular weight excluding hydrogens is 241 g/mol. The van der Waals surface area contributed by atoms with Gasteiger partial charge in [-0.05, 0) is 19.8 Å². The van der Waals surface area contributed by atoms with Gasteiger partial charge in [0.25, 0.3) is 0 Å². The van der Waals surface area contributed by atoms with Gasteiger partial charge in [0.2, 0.25) is 5.91 Å². The minimum absolute atomic E-state index is 0.149. The van der Waals surface area contributed by atoms with E-state index in [1.165, 1.54) is 12.8 Å². The number of likely N-dealkylation sites (tertiary alicyclic amines) is 1. The number of hydrogen-bond acceptors (Lipinski definition) is 1. The molecule has 0 unspecified atom stereocenters. The summed E-state index contributed by atoms with van der Waals surface area (Å²) in [5, 5.41) is 0. The Morgan fingerprint density at radius 1 is 1.50 bits per heavy atom. The van der Waals surface area contributed by atoms with E-state index in [1.54, 1.807) is 0 Å². The molecule has 0 radical (unpaired) electrons. The van der Waals surface area contributed by atoms with E-state index in [0.29, 0.717) is 5.91 Å². The molecule has 0 aliphatic carbocycles. The Morgan fingerprint density at radius 3 is 2.40 bits per heavy atom. The lowest BCUT2D eigenvalue weighted by atomic mass is 10.4. The van der Waals surface area contributed by atoms with Gasteiger partial charge in [-0.15, -0.1) is 0 Å². The highest BCUT2D eigenvalue weighted by molar-refractivity contribution is 14.1. The smallest absolute Gasteiger partial charge is 0.235 e. The summed E-state index contributed by atoms with van der Waals surface area (Å²) in [5.41, 5.74) is 0. The van der Waals surface area contributed by atoms with Crippen LogP contribution in [0, 0.1) is 0 Å². The standard InChI is InChI=1S/C7H12INO/c1-6(8)7(10)9-4-2-3-5-9/h6H,2-5H2,1H3/t6-/m0/s1. The monoisotopic (exact) mass is 253 g/mol. The van der Waals surface area contributed by atoms with Gasteiger partial charge in [0.1, 0.15) is 0 Å². The largest absolute Gasteiger partial charge is 0.342 e. The summed E-state index contributed by atoms with van der Waals surface area (Å²) in [5.74, 6) is 0.304. The van der Waals surface area contributed by atoms with Crippen molar-refractivity contribution in [3.8, 4) is 0 Å². The fourth-order valence-electron chi connectivity index (χ4n) is 1.19. The molecule has 1 aliphatic rings. The van der Waals surface area contributed by atoms with Crippen molar-refractivity contribution in [1.29, 1.82) is 0 Å². The summed E-state index contributed by atoms with van der Waals surface area (Å²) in [7, 11) is 0. The minimum Gasteiger partial charge on any atom is -0.342 e. The summed E-state index contributed by atoms with van der Waals surface area (Å²) in [6.07, 6.45) is 2.38. The van der Waals surface area contributed by atoms with Gasteiger partial charge in [-0.25, -0.2) is 0 Å². The summed E-state index contributed by atoms with van der Waals surface area (Å²) >= 11 is 2.17. The number of rotatable bonds is 1. The van der Waals surface area contributed by atoms with Crippen molar-refractivity contribution in [2.75, 3.05) is 13.1 Å². The molecule has 0 bridgehead atoms. The van der Waals surface area contributed by atoms with Crippen molar-refractivity contribution in [3.63, 3.8) is 0 Å². The highest BCUT2D eigenvalue weighted by Crippen LogP contribution is 2.12. The Kier molecular flexibility index (Phi) is 2.95. The number of carbonyl (C=O) groups excluding carboxylic acids is 1.